The van der Waals surface area contributed by atoms with E-state index in [2.05, 4.69) is 37.8 Å². The third-order valence-electron chi connectivity index (χ3n) is 5.49. The largest absolute Gasteiger partial charge is 0.481 e. The summed E-state index contributed by atoms with van der Waals surface area (Å²) < 4.78 is 5.74. The van der Waals surface area contributed by atoms with Gasteiger partial charge in [-0.25, -0.2) is 0 Å². The first-order valence-corrected chi connectivity index (χ1v) is 11.2. The van der Waals surface area contributed by atoms with Crippen molar-refractivity contribution >= 4 is 11.7 Å². The molecule has 0 bridgehead atoms. The topological polar surface area (TPSA) is 68.1 Å². The van der Waals surface area contributed by atoms with Crippen molar-refractivity contribution in [3.63, 3.8) is 0 Å². The van der Waals surface area contributed by atoms with E-state index in [1.807, 2.05) is 30.3 Å². The monoisotopic (exact) mass is 427 g/mol. The lowest BCUT2D eigenvalue weighted by Gasteiger charge is -2.36. The van der Waals surface area contributed by atoms with E-state index in [1.54, 1.807) is 0 Å². The molecule has 1 unspecified atom stereocenters. The molecule has 1 N–H and O–H groups in total. The van der Waals surface area contributed by atoms with Crippen molar-refractivity contribution < 1.29 is 19.5 Å². The maximum absolute atomic E-state index is 11.4. The molecule has 0 amide bonds. The fourth-order valence-corrected chi connectivity index (χ4v) is 4.10. The summed E-state index contributed by atoms with van der Waals surface area (Å²) in [5.41, 5.74) is 2.01. The minimum absolute atomic E-state index is 0.00707. The average Bonchev–Trinajstić information content (AvgIpc) is 2.67. The van der Waals surface area contributed by atoms with Crippen LogP contribution in [-0.2, 0) is 21.0 Å². The predicted octanol–water partition coefficient (Wildman–Crippen LogP) is 5.54. The molecule has 1 aliphatic carbocycles. The van der Waals surface area contributed by atoms with Gasteiger partial charge in [0.1, 0.15) is 12.8 Å². The third-order valence-corrected chi connectivity index (χ3v) is 5.49. The molecule has 1 aliphatic rings. The summed E-state index contributed by atoms with van der Waals surface area (Å²) in [6, 6.07) is 10.0. The maximum Gasteiger partial charge on any atom is 0.304 e. The first-order chi connectivity index (χ1) is 14.8. The highest BCUT2D eigenvalue weighted by molar-refractivity contribution is 6.03. The summed E-state index contributed by atoms with van der Waals surface area (Å²) in [6.45, 7) is 7.94. The second-order valence-corrected chi connectivity index (χ2v) is 9.70. The summed E-state index contributed by atoms with van der Waals surface area (Å²) in [4.78, 5) is 16.4. The van der Waals surface area contributed by atoms with E-state index in [0.29, 0.717) is 36.7 Å². The van der Waals surface area contributed by atoms with Crippen molar-refractivity contribution in [2.75, 3.05) is 13.7 Å². The van der Waals surface area contributed by atoms with Crippen molar-refractivity contribution in [1.29, 1.82) is 0 Å². The Morgan fingerprint density at radius 3 is 2.58 bits per heavy atom. The summed E-state index contributed by atoms with van der Waals surface area (Å²) in [5, 5.41) is 13.4. The van der Waals surface area contributed by atoms with Crippen LogP contribution in [-0.4, -0.2) is 30.5 Å². The van der Waals surface area contributed by atoms with Crippen LogP contribution in [0.4, 0.5) is 0 Å². The lowest BCUT2D eigenvalue weighted by molar-refractivity contribution is -0.137. The number of aliphatic carboxylic acids is 1. The predicted molar refractivity (Wildman–Crippen MR) is 124 cm³/mol. The molecule has 0 radical (unpaired) electrons. The highest BCUT2D eigenvalue weighted by Gasteiger charge is 2.31. The maximum atomic E-state index is 11.4. The van der Waals surface area contributed by atoms with Crippen molar-refractivity contribution in [1.82, 2.24) is 0 Å². The van der Waals surface area contributed by atoms with Crippen LogP contribution in [0, 0.1) is 35.0 Å². The van der Waals surface area contributed by atoms with E-state index in [-0.39, 0.29) is 12.3 Å². The molecule has 0 aliphatic heterocycles. The molecule has 0 heterocycles. The number of carboxylic acids is 1. The normalized spacial score (nSPS) is 19.7. The Labute approximate surface area is 187 Å². The number of benzene rings is 1. The number of hydrogen-bond acceptors (Lipinski definition) is 4. The van der Waals surface area contributed by atoms with Gasteiger partial charge in [0, 0.05) is 18.4 Å². The van der Waals surface area contributed by atoms with Gasteiger partial charge in [0.15, 0.2) is 0 Å². The highest BCUT2D eigenvalue weighted by Crippen LogP contribution is 2.40. The first-order valence-electron chi connectivity index (χ1n) is 11.2. The van der Waals surface area contributed by atoms with Crippen molar-refractivity contribution in [3.05, 3.63) is 35.9 Å². The standard InChI is InChI=1S/C26H37NO4/c1-26(2,3)18-22-15-21(16-22)12-13-24(27-30-4)23(17-25(28)29)11-8-14-31-19-20-9-6-5-7-10-20/h5-7,9-10,21-23H,8,11,14-19H2,1-4H3,(H,28,29)/b27-24+. The average molecular weight is 428 g/mol. The van der Waals surface area contributed by atoms with E-state index in [0.717, 1.165) is 30.7 Å². The number of hydrogen-bond donors (Lipinski definition) is 1. The zero-order valence-corrected chi connectivity index (χ0v) is 19.4. The Balaban J connectivity index is 1.86. The van der Waals surface area contributed by atoms with Crippen LogP contribution in [0.1, 0.15) is 64.9 Å². The Hall–Kier alpha value is -2.32. The molecular weight excluding hydrogens is 390 g/mol. The molecule has 170 valence electrons. The summed E-state index contributed by atoms with van der Waals surface area (Å²) in [6.07, 6.45) is 4.83. The van der Waals surface area contributed by atoms with E-state index in [9.17, 15) is 9.90 Å². The van der Waals surface area contributed by atoms with E-state index < -0.39 is 5.97 Å². The minimum Gasteiger partial charge on any atom is -0.481 e. The van der Waals surface area contributed by atoms with Gasteiger partial charge < -0.3 is 14.7 Å². The van der Waals surface area contributed by atoms with Gasteiger partial charge in [-0.1, -0.05) is 62.2 Å². The number of carbonyl (C=O) groups is 1. The number of rotatable bonds is 11. The van der Waals surface area contributed by atoms with Crippen molar-refractivity contribution in [2.45, 2.75) is 65.9 Å². The second-order valence-electron chi connectivity index (χ2n) is 9.70. The number of ether oxygens (including phenoxy) is 1. The number of nitrogens with zero attached hydrogens (tertiary/aromatic N) is 1. The molecule has 0 aromatic heterocycles. The van der Waals surface area contributed by atoms with Crippen molar-refractivity contribution in [3.8, 4) is 11.8 Å². The first kappa shape index (κ1) is 24.9. The molecule has 1 aromatic carbocycles. The van der Waals surface area contributed by atoms with Gasteiger partial charge in [-0.05, 0) is 54.9 Å². The Morgan fingerprint density at radius 1 is 1.26 bits per heavy atom. The number of oxime groups is 1. The van der Waals surface area contributed by atoms with E-state index in [4.69, 9.17) is 9.57 Å². The van der Waals surface area contributed by atoms with Crippen LogP contribution in [0.5, 0.6) is 0 Å². The second kappa shape index (κ2) is 12.5. The van der Waals surface area contributed by atoms with Gasteiger partial charge in [-0.2, -0.15) is 0 Å². The molecule has 1 saturated carbocycles. The summed E-state index contributed by atoms with van der Waals surface area (Å²) in [5.74, 6) is 6.45. The zero-order chi connectivity index (χ0) is 22.7. The van der Waals surface area contributed by atoms with Gasteiger partial charge in [0.2, 0.25) is 0 Å². The molecule has 5 nitrogen and oxygen atoms in total. The van der Waals surface area contributed by atoms with Crippen molar-refractivity contribution in [2.24, 2.45) is 28.3 Å². The van der Waals surface area contributed by atoms with Crippen LogP contribution in [0.25, 0.3) is 0 Å². The Kier molecular flexibility index (Phi) is 10.1. The minimum atomic E-state index is -0.852. The van der Waals surface area contributed by atoms with Gasteiger partial charge in [0.25, 0.3) is 0 Å². The van der Waals surface area contributed by atoms with Crippen LogP contribution in [0.15, 0.2) is 35.5 Å². The lowest BCUT2D eigenvalue weighted by Crippen LogP contribution is -2.27. The van der Waals surface area contributed by atoms with Crippen LogP contribution < -0.4 is 0 Å². The molecular formula is C26H37NO4. The molecule has 5 heteroatoms. The molecule has 0 saturated heterocycles. The third kappa shape index (κ3) is 10.0. The number of carboxylic acid groups (broad SMARTS) is 1. The SMILES string of the molecule is CO/N=C(\C#CC1CC(CC(C)(C)C)C1)C(CCCOCc1ccccc1)CC(=O)O. The van der Waals surface area contributed by atoms with Gasteiger partial charge in [0.05, 0.1) is 13.0 Å². The molecule has 2 rings (SSSR count). The molecule has 1 atom stereocenters. The quantitative estimate of drug-likeness (QED) is 0.218. The Bertz CT molecular complexity index is 764. The van der Waals surface area contributed by atoms with Crippen LogP contribution >= 0.6 is 0 Å². The molecule has 31 heavy (non-hydrogen) atoms. The van der Waals surface area contributed by atoms with Crippen LogP contribution in [0.2, 0.25) is 0 Å². The molecule has 0 spiro atoms. The molecule has 1 aromatic rings. The molecule has 1 fully saturated rings. The summed E-state index contributed by atoms with van der Waals surface area (Å²) >= 11 is 0. The lowest BCUT2D eigenvalue weighted by atomic mass is 9.68. The zero-order valence-electron chi connectivity index (χ0n) is 19.4. The van der Waals surface area contributed by atoms with Gasteiger partial charge in [-0.3, -0.25) is 4.79 Å². The smallest absolute Gasteiger partial charge is 0.304 e. The van der Waals surface area contributed by atoms with E-state index >= 15 is 0 Å². The fraction of sp³-hybridized carbons (Fsp3) is 0.615. The van der Waals surface area contributed by atoms with Crippen LogP contribution in [0.3, 0.4) is 0 Å². The van der Waals surface area contributed by atoms with Gasteiger partial charge in [-0.15, -0.1) is 0 Å². The van der Waals surface area contributed by atoms with E-state index in [1.165, 1.54) is 13.5 Å². The fourth-order valence-electron chi connectivity index (χ4n) is 4.10. The van der Waals surface area contributed by atoms with Gasteiger partial charge >= 0.3 is 5.97 Å². The Morgan fingerprint density at radius 2 is 1.97 bits per heavy atom. The highest BCUT2D eigenvalue weighted by atomic mass is 16.6. The summed E-state index contributed by atoms with van der Waals surface area (Å²) in [7, 11) is 1.48.